The van der Waals surface area contributed by atoms with Gasteiger partial charge in [0.25, 0.3) is 0 Å². The highest BCUT2D eigenvalue weighted by Crippen LogP contribution is 2.60. The van der Waals surface area contributed by atoms with Crippen LogP contribution in [0.1, 0.15) is 46.5 Å². The second-order valence-corrected chi connectivity index (χ2v) is 8.54. The van der Waals surface area contributed by atoms with Gasteiger partial charge in [0, 0.05) is 24.8 Å². The van der Waals surface area contributed by atoms with Crippen LogP contribution in [0.4, 0.5) is 0 Å². The van der Waals surface area contributed by atoms with Crippen LogP contribution in [-0.4, -0.2) is 59.3 Å². The van der Waals surface area contributed by atoms with Crippen molar-refractivity contribution in [3.63, 3.8) is 0 Å². The molecule has 0 aromatic rings. The van der Waals surface area contributed by atoms with E-state index >= 15 is 0 Å². The fraction of sp³-hybridized carbons (Fsp3) is 0.895. The van der Waals surface area contributed by atoms with Gasteiger partial charge in [-0.3, -0.25) is 0 Å². The van der Waals surface area contributed by atoms with Gasteiger partial charge in [0.2, 0.25) is 5.79 Å². The summed E-state index contributed by atoms with van der Waals surface area (Å²) in [5, 5.41) is 14.8. The van der Waals surface area contributed by atoms with Crippen LogP contribution in [0.15, 0.2) is 0 Å². The number of nitrogens with two attached hydrogens (primary N) is 1. The number of hydrogen-bond donors (Lipinski definition) is 3. The molecule has 10 nitrogen and oxygen atoms in total. The van der Waals surface area contributed by atoms with Crippen LogP contribution in [-0.2, 0) is 33.6 Å². The Bertz CT molecular complexity index is 619. The van der Waals surface area contributed by atoms with E-state index in [1.54, 1.807) is 0 Å². The molecule has 0 aromatic carbocycles. The zero-order chi connectivity index (χ0) is 21.4. The molecule has 4 heterocycles. The minimum absolute atomic E-state index is 0.224. The Hall–Kier alpha value is -1.30. The molecule has 4 saturated heterocycles. The van der Waals surface area contributed by atoms with E-state index in [9.17, 15) is 0 Å². The number of rotatable bonds is 3. The van der Waals surface area contributed by atoms with Crippen molar-refractivity contribution in [2.24, 2.45) is 29.4 Å². The summed E-state index contributed by atoms with van der Waals surface area (Å²) in [5.41, 5.74) is 5.09. The van der Waals surface area contributed by atoms with Crippen molar-refractivity contribution in [2.45, 2.75) is 70.4 Å². The van der Waals surface area contributed by atoms with Crippen molar-refractivity contribution >= 4 is 11.9 Å². The third-order valence-corrected chi connectivity index (χ3v) is 6.68. The normalized spacial score (nSPS) is 45.4. The van der Waals surface area contributed by atoms with Crippen LogP contribution in [0.5, 0.6) is 0 Å². The molecule has 5 fully saturated rings. The summed E-state index contributed by atoms with van der Waals surface area (Å²) in [6, 6.07) is 0. The third kappa shape index (κ3) is 4.01. The topological polar surface area (TPSA) is 147 Å². The van der Waals surface area contributed by atoms with Gasteiger partial charge in [0.05, 0.1) is 6.61 Å². The quantitative estimate of drug-likeness (QED) is 0.454. The molecule has 0 radical (unpaired) electrons. The minimum atomic E-state index is -1.82. The standard InChI is InChI=1S/C17H29NO5.C2H2O4/c1-10-4-5-13-11(2)14(19-9-8-18)20-15-17(13)12(10)6-7-16(3,21-15)22-23-17;3-1(4)2(5)6/h10-15H,4-9,18H2,1-3H3;(H,3,4)(H,5,6)/t10-,11-,12+,13+,14+,15-,16-,17-;/m1./s1. The number of aliphatic carboxylic acids is 2. The second-order valence-electron chi connectivity index (χ2n) is 8.54. The molecule has 10 heteroatoms. The highest BCUT2D eigenvalue weighted by molar-refractivity contribution is 6.27. The number of carboxylic acids is 2. The average Bonchev–Trinajstić information content (AvgIpc) is 2.90. The van der Waals surface area contributed by atoms with E-state index in [1.807, 2.05) is 6.92 Å². The van der Waals surface area contributed by atoms with Crippen LogP contribution in [0.3, 0.4) is 0 Å². The molecule has 0 aromatic heterocycles. The van der Waals surface area contributed by atoms with Crippen LogP contribution < -0.4 is 5.73 Å². The molecule has 5 aliphatic rings. The van der Waals surface area contributed by atoms with Gasteiger partial charge in [-0.05, 0) is 38.0 Å². The lowest BCUT2D eigenvalue weighted by Crippen LogP contribution is -2.70. The summed E-state index contributed by atoms with van der Waals surface area (Å²) in [4.78, 5) is 30.1. The van der Waals surface area contributed by atoms with Crippen molar-refractivity contribution in [2.75, 3.05) is 13.2 Å². The Morgan fingerprint density at radius 3 is 2.41 bits per heavy atom. The second kappa shape index (κ2) is 8.44. The van der Waals surface area contributed by atoms with E-state index in [0.29, 0.717) is 30.9 Å². The first-order chi connectivity index (χ1) is 13.6. The zero-order valence-electron chi connectivity index (χ0n) is 17.0. The molecule has 1 aliphatic carbocycles. The summed E-state index contributed by atoms with van der Waals surface area (Å²) in [6.07, 6.45) is 3.46. The lowest BCUT2D eigenvalue weighted by atomic mass is 9.58. The van der Waals surface area contributed by atoms with Gasteiger partial charge in [0.1, 0.15) is 0 Å². The summed E-state index contributed by atoms with van der Waals surface area (Å²) in [6.45, 7) is 7.43. The lowest BCUT2D eigenvalue weighted by molar-refractivity contribution is -0.577. The largest absolute Gasteiger partial charge is 0.473 e. The van der Waals surface area contributed by atoms with Crippen molar-refractivity contribution < 1.29 is 43.8 Å². The number of fused-ring (bicyclic) bond motifs is 2. The maximum absolute atomic E-state index is 9.10. The van der Waals surface area contributed by atoms with Gasteiger partial charge < -0.3 is 30.2 Å². The van der Waals surface area contributed by atoms with Crippen LogP contribution in [0, 0.1) is 23.7 Å². The first-order valence-electron chi connectivity index (χ1n) is 10.1. The summed E-state index contributed by atoms with van der Waals surface area (Å²) >= 11 is 0. The molecule has 1 spiro atoms. The molecule has 166 valence electrons. The molecule has 1 saturated carbocycles. The Balaban J connectivity index is 0.000000353. The Morgan fingerprint density at radius 1 is 1.10 bits per heavy atom. The Kier molecular flexibility index (Phi) is 6.52. The molecule has 8 atom stereocenters. The maximum atomic E-state index is 9.10. The molecule has 0 amide bonds. The first-order valence-corrected chi connectivity index (χ1v) is 10.1. The van der Waals surface area contributed by atoms with E-state index < -0.39 is 29.6 Å². The Morgan fingerprint density at radius 2 is 1.79 bits per heavy atom. The Labute approximate surface area is 169 Å². The molecule has 5 rings (SSSR count). The average molecular weight is 417 g/mol. The van der Waals surface area contributed by atoms with Gasteiger partial charge in [-0.15, -0.1) is 0 Å². The van der Waals surface area contributed by atoms with Crippen LogP contribution in [0.25, 0.3) is 0 Å². The van der Waals surface area contributed by atoms with E-state index in [4.69, 9.17) is 49.5 Å². The third-order valence-electron chi connectivity index (χ3n) is 6.68. The number of hydrogen-bond acceptors (Lipinski definition) is 8. The van der Waals surface area contributed by atoms with E-state index in [-0.39, 0.29) is 12.2 Å². The number of carboxylic acid groups (broad SMARTS) is 2. The predicted octanol–water partition coefficient (Wildman–Crippen LogP) is 1.33. The van der Waals surface area contributed by atoms with Gasteiger partial charge in [-0.1, -0.05) is 13.8 Å². The highest BCUT2D eigenvalue weighted by Gasteiger charge is 2.69. The zero-order valence-corrected chi connectivity index (χ0v) is 17.0. The minimum Gasteiger partial charge on any atom is -0.473 e. The summed E-state index contributed by atoms with van der Waals surface area (Å²) in [7, 11) is 0. The van der Waals surface area contributed by atoms with E-state index in [1.165, 1.54) is 6.42 Å². The van der Waals surface area contributed by atoms with Gasteiger partial charge >= 0.3 is 11.9 Å². The summed E-state index contributed by atoms with van der Waals surface area (Å²) < 4.78 is 18.4. The van der Waals surface area contributed by atoms with Crippen molar-refractivity contribution in [3.05, 3.63) is 0 Å². The molecule has 4 N–H and O–H groups in total. The molecule has 4 aliphatic heterocycles. The monoisotopic (exact) mass is 417 g/mol. The predicted molar refractivity (Wildman–Crippen MR) is 97.1 cm³/mol. The molecule has 2 bridgehead atoms. The van der Waals surface area contributed by atoms with E-state index in [2.05, 4.69) is 13.8 Å². The number of ether oxygens (including phenoxy) is 3. The molecule has 29 heavy (non-hydrogen) atoms. The fourth-order valence-electron chi connectivity index (χ4n) is 5.25. The molecular formula is C19H31NO9. The van der Waals surface area contributed by atoms with Crippen LogP contribution in [0.2, 0.25) is 0 Å². The SMILES string of the molecule is C[C@H]1[C@@H](OCCN)O[C@@H]2O[C@@]3(C)CC[C@H]4[C@H](C)CC[C@@H]1[C@@]24OO3.O=C(O)C(=O)O. The lowest BCUT2D eigenvalue weighted by Gasteiger charge is -2.60. The van der Waals surface area contributed by atoms with Gasteiger partial charge in [0.15, 0.2) is 18.2 Å². The molecule has 0 unspecified atom stereocenters. The van der Waals surface area contributed by atoms with Gasteiger partial charge in [-0.2, -0.15) is 0 Å². The van der Waals surface area contributed by atoms with Gasteiger partial charge in [-0.25, -0.2) is 19.4 Å². The van der Waals surface area contributed by atoms with E-state index in [0.717, 1.165) is 19.3 Å². The number of carbonyl (C=O) groups is 2. The van der Waals surface area contributed by atoms with Crippen molar-refractivity contribution in [1.82, 2.24) is 0 Å². The summed E-state index contributed by atoms with van der Waals surface area (Å²) in [5.74, 6) is -2.86. The van der Waals surface area contributed by atoms with Crippen molar-refractivity contribution in [1.29, 1.82) is 0 Å². The maximum Gasteiger partial charge on any atom is 0.414 e. The molecular weight excluding hydrogens is 386 g/mol. The highest BCUT2D eigenvalue weighted by atomic mass is 17.3. The fourth-order valence-corrected chi connectivity index (χ4v) is 5.25. The van der Waals surface area contributed by atoms with Crippen molar-refractivity contribution in [3.8, 4) is 0 Å². The first kappa shape index (κ1) is 22.4. The van der Waals surface area contributed by atoms with Crippen LogP contribution >= 0.6 is 0 Å². The smallest absolute Gasteiger partial charge is 0.414 e.